The van der Waals surface area contributed by atoms with Crippen LogP contribution in [0.4, 0.5) is 0 Å². The second-order valence-electron chi connectivity index (χ2n) is 8.32. The molecule has 0 aromatic carbocycles. The average Bonchev–Trinajstić information content (AvgIpc) is 3.27. The number of hydrogen-bond acceptors (Lipinski definition) is 6. The Kier molecular flexibility index (Phi) is 4.50. The molecule has 0 radical (unpaired) electrons. The second kappa shape index (κ2) is 6.63. The largest absolute Gasteiger partial charge is 0.274 e. The van der Waals surface area contributed by atoms with Gasteiger partial charge in [-0.3, -0.25) is 4.68 Å². The van der Waals surface area contributed by atoms with Gasteiger partial charge in [-0.05, 0) is 25.0 Å². The molecule has 0 saturated carbocycles. The highest BCUT2D eigenvalue weighted by Gasteiger charge is 2.32. The van der Waals surface area contributed by atoms with Crippen LogP contribution in [0.15, 0.2) is 29.4 Å². The summed E-state index contributed by atoms with van der Waals surface area (Å²) in [4.78, 5) is 0.234. The van der Waals surface area contributed by atoms with Gasteiger partial charge in [0.05, 0.1) is 11.9 Å². The van der Waals surface area contributed by atoms with E-state index in [0.29, 0.717) is 31.6 Å². The Labute approximate surface area is 164 Å². The number of aromatic nitrogens is 6. The summed E-state index contributed by atoms with van der Waals surface area (Å²) < 4.78 is 30.4. The van der Waals surface area contributed by atoms with Crippen molar-refractivity contribution < 1.29 is 8.42 Å². The average molecular weight is 404 g/mol. The lowest BCUT2D eigenvalue weighted by atomic mass is 9.92. The van der Waals surface area contributed by atoms with Gasteiger partial charge in [0.2, 0.25) is 10.0 Å². The number of nitrogens with zero attached hydrogens (tertiary/aromatic N) is 7. The summed E-state index contributed by atoms with van der Waals surface area (Å²) in [6, 6.07) is 3.92. The fourth-order valence-electron chi connectivity index (χ4n) is 3.50. The van der Waals surface area contributed by atoms with E-state index in [0.717, 1.165) is 11.5 Å². The topological polar surface area (TPSA) is 98.3 Å². The molecule has 150 valence electrons. The fraction of sp³-hybridized carbons (Fsp3) is 0.556. The lowest BCUT2D eigenvalue weighted by molar-refractivity contribution is 0.311. The third kappa shape index (κ3) is 3.30. The second-order valence-corrected chi connectivity index (χ2v) is 10.3. The van der Waals surface area contributed by atoms with Gasteiger partial charge in [-0.2, -0.15) is 19.0 Å². The minimum atomic E-state index is -3.51. The van der Waals surface area contributed by atoms with Crippen LogP contribution in [0.1, 0.15) is 51.0 Å². The lowest BCUT2D eigenvalue weighted by Gasteiger charge is -2.30. The molecule has 0 bridgehead atoms. The third-order valence-corrected chi connectivity index (χ3v) is 7.04. The van der Waals surface area contributed by atoms with Gasteiger partial charge in [-0.1, -0.05) is 20.8 Å². The smallest absolute Gasteiger partial charge is 0.246 e. The van der Waals surface area contributed by atoms with E-state index in [1.54, 1.807) is 7.05 Å². The number of aryl methyl sites for hydroxylation is 1. The minimum absolute atomic E-state index is 0.0725. The Morgan fingerprint density at radius 3 is 2.43 bits per heavy atom. The van der Waals surface area contributed by atoms with Crippen LogP contribution in [0.3, 0.4) is 0 Å². The molecule has 0 N–H and O–H groups in total. The molecule has 0 aliphatic carbocycles. The highest BCUT2D eigenvalue weighted by atomic mass is 32.2. The van der Waals surface area contributed by atoms with E-state index >= 15 is 0 Å². The van der Waals surface area contributed by atoms with E-state index in [2.05, 4.69) is 36.1 Å². The van der Waals surface area contributed by atoms with Crippen molar-refractivity contribution in [2.24, 2.45) is 7.05 Å². The molecule has 1 aliphatic heterocycles. The number of fused-ring (bicyclic) bond motifs is 1. The first-order valence-corrected chi connectivity index (χ1v) is 10.8. The van der Waals surface area contributed by atoms with E-state index in [1.165, 1.54) is 21.4 Å². The third-order valence-electron chi connectivity index (χ3n) is 5.19. The van der Waals surface area contributed by atoms with E-state index < -0.39 is 10.0 Å². The predicted molar refractivity (Wildman–Crippen MR) is 103 cm³/mol. The van der Waals surface area contributed by atoms with Crippen molar-refractivity contribution in [2.45, 2.75) is 49.8 Å². The van der Waals surface area contributed by atoms with Gasteiger partial charge in [-0.15, -0.1) is 10.2 Å². The summed E-state index contributed by atoms with van der Waals surface area (Å²) in [6.07, 6.45) is 4.29. The predicted octanol–water partition coefficient (Wildman–Crippen LogP) is 1.72. The van der Waals surface area contributed by atoms with Gasteiger partial charge in [0.25, 0.3) is 0 Å². The zero-order valence-corrected chi connectivity index (χ0v) is 17.4. The van der Waals surface area contributed by atoms with Gasteiger partial charge in [0, 0.05) is 37.7 Å². The molecule has 9 nitrogen and oxygen atoms in total. The van der Waals surface area contributed by atoms with Crippen LogP contribution < -0.4 is 0 Å². The number of sulfonamides is 1. The van der Waals surface area contributed by atoms with Crippen molar-refractivity contribution in [1.29, 1.82) is 0 Å². The minimum Gasteiger partial charge on any atom is -0.274 e. The van der Waals surface area contributed by atoms with Gasteiger partial charge >= 0.3 is 0 Å². The molecule has 0 spiro atoms. The number of rotatable bonds is 3. The molecule has 28 heavy (non-hydrogen) atoms. The maximum absolute atomic E-state index is 12.8. The Morgan fingerprint density at radius 2 is 1.82 bits per heavy atom. The van der Waals surface area contributed by atoms with Crippen molar-refractivity contribution in [3.8, 4) is 0 Å². The first-order chi connectivity index (χ1) is 13.2. The summed E-state index contributed by atoms with van der Waals surface area (Å²) in [5.41, 5.74) is 1.61. The van der Waals surface area contributed by atoms with Crippen molar-refractivity contribution in [1.82, 2.24) is 33.9 Å². The molecule has 4 rings (SSSR count). The Balaban J connectivity index is 1.56. The van der Waals surface area contributed by atoms with Crippen LogP contribution in [0, 0.1) is 0 Å². The standard InChI is InChI=1S/C18H25N7O2S/c1-18(2,3)15-5-6-16-20-21-17(25(16)22-15)13-7-9-24(10-8-13)28(26,27)14-11-19-23(4)12-14/h5-6,11-13H,7-10H2,1-4H3. The summed E-state index contributed by atoms with van der Waals surface area (Å²) in [7, 11) is -1.80. The normalized spacial score (nSPS) is 17.4. The van der Waals surface area contributed by atoms with Crippen LogP contribution >= 0.6 is 0 Å². The number of piperidine rings is 1. The van der Waals surface area contributed by atoms with Gasteiger partial charge < -0.3 is 0 Å². The van der Waals surface area contributed by atoms with Gasteiger partial charge in [0.15, 0.2) is 11.5 Å². The molecule has 10 heteroatoms. The Bertz CT molecular complexity index is 1100. The van der Waals surface area contributed by atoms with Crippen molar-refractivity contribution in [3.05, 3.63) is 36.0 Å². The first kappa shape index (κ1) is 19.0. The molecule has 0 atom stereocenters. The van der Waals surface area contributed by atoms with Crippen molar-refractivity contribution >= 4 is 15.7 Å². The molecule has 1 aliphatic rings. The monoisotopic (exact) mass is 403 g/mol. The molecule has 0 amide bonds. The molecule has 1 saturated heterocycles. The van der Waals surface area contributed by atoms with E-state index in [1.807, 2.05) is 16.6 Å². The molecular weight excluding hydrogens is 378 g/mol. The maximum atomic E-state index is 12.8. The Hall–Kier alpha value is -2.33. The number of hydrogen-bond donors (Lipinski definition) is 0. The van der Waals surface area contributed by atoms with Crippen LogP contribution in [0.5, 0.6) is 0 Å². The lowest BCUT2D eigenvalue weighted by Crippen LogP contribution is -2.38. The van der Waals surface area contributed by atoms with Gasteiger partial charge in [0.1, 0.15) is 4.90 Å². The molecule has 3 aromatic heterocycles. The molecule has 4 heterocycles. The maximum Gasteiger partial charge on any atom is 0.246 e. The summed E-state index contributed by atoms with van der Waals surface area (Å²) in [5, 5.41) is 17.3. The highest BCUT2D eigenvalue weighted by Crippen LogP contribution is 2.30. The van der Waals surface area contributed by atoms with E-state index in [-0.39, 0.29) is 16.2 Å². The summed E-state index contributed by atoms with van der Waals surface area (Å²) in [6.45, 7) is 7.23. The molecular formula is C18H25N7O2S. The van der Waals surface area contributed by atoms with Crippen LogP contribution in [-0.4, -0.2) is 55.4 Å². The van der Waals surface area contributed by atoms with Crippen molar-refractivity contribution in [2.75, 3.05) is 13.1 Å². The molecule has 0 unspecified atom stereocenters. The SMILES string of the molecule is Cn1cc(S(=O)(=O)N2CCC(c3nnc4ccc(C(C)(C)C)nn34)CC2)cn1. The summed E-state index contributed by atoms with van der Waals surface area (Å²) in [5.74, 6) is 0.928. The Morgan fingerprint density at radius 1 is 1.11 bits per heavy atom. The quantitative estimate of drug-likeness (QED) is 0.660. The van der Waals surface area contributed by atoms with Crippen LogP contribution in [0.25, 0.3) is 5.65 Å². The van der Waals surface area contributed by atoms with E-state index in [9.17, 15) is 8.42 Å². The zero-order valence-electron chi connectivity index (χ0n) is 16.6. The van der Waals surface area contributed by atoms with E-state index in [4.69, 9.17) is 5.10 Å². The van der Waals surface area contributed by atoms with Crippen LogP contribution in [0.2, 0.25) is 0 Å². The van der Waals surface area contributed by atoms with Gasteiger partial charge in [-0.25, -0.2) is 8.42 Å². The van der Waals surface area contributed by atoms with Crippen LogP contribution in [-0.2, 0) is 22.5 Å². The molecule has 1 fully saturated rings. The highest BCUT2D eigenvalue weighted by molar-refractivity contribution is 7.89. The first-order valence-electron chi connectivity index (χ1n) is 9.38. The molecule has 3 aromatic rings. The zero-order chi connectivity index (χ0) is 20.1. The fourth-order valence-corrected chi connectivity index (χ4v) is 4.95. The summed E-state index contributed by atoms with van der Waals surface area (Å²) >= 11 is 0. The van der Waals surface area contributed by atoms with Crippen molar-refractivity contribution in [3.63, 3.8) is 0 Å².